The third-order valence-corrected chi connectivity index (χ3v) is 3.85. The van der Waals surface area contributed by atoms with Gasteiger partial charge in [-0.1, -0.05) is 55.6 Å². The molecule has 0 aliphatic heterocycles. The molecule has 0 saturated carbocycles. The van der Waals surface area contributed by atoms with Crippen LogP contribution in [0.25, 0.3) is 11.1 Å². The summed E-state index contributed by atoms with van der Waals surface area (Å²) in [6.07, 6.45) is 2.25. The number of benzene rings is 2. The monoisotopic (exact) mass is 220 g/mol. The first-order valence-corrected chi connectivity index (χ1v) is 6.56. The van der Waals surface area contributed by atoms with Crippen molar-refractivity contribution >= 4 is 12.7 Å². The second-order valence-corrected chi connectivity index (χ2v) is 4.83. The van der Waals surface area contributed by atoms with Crippen molar-refractivity contribution in [2.24, 2.45) is 0 Å². The predicted molar refractivity (Wildman–Crippen MR) is 76.7 cm³/mol. The molecule has 0 fully saturated rings. The molecule has 0 aromatic heterocycles. The first-order chi connectivity index (χ1) is 8.33. The fourth-order valence-corrected chi connectivity index (χ4v) is 2.90. The first-order valence-electron chi connectivity index (χ1n) is 6.56. The van der Waals surface area contributed by atoms with Gasteiger partial charge in [0.1, 0.15) is 0 Å². The third-order valence-electron chi connectivity index (χ3n) is 3.85. The van der Waals surface area contributed by atoms with Gasteiger partial charge in [-0.25, -0.2) is 0 Å². The van der Waals surface area contributed by atoms with E-state index >= 15 is 0 Å². The summed E-state index contributed by atoms with van der Waals surface area (Å²) in [4.78, 5) is 0. The summed E-state index contributed by atoms with van der Waals surface area (Å²) in [5, 5.41) is 0. The van der Waals surface area contributed by atoms with Crippen molar-refractivity contribution in [3.05, 3.63) is 53.1 Å². The van der Waals surface area contributed by atoms with Gasteiger partial charge in [-0.3, -0.25) is 0 Å². The van der Waals surface area contributed by atoms with Crippen molar-refractivity contribution in [2.75, 3.05) is 0 Å². The van der Waals surface area contributed by atoms with E-state index in [-0.39, 0.29) is 0 Å². The minimum Gasteiger partial charge on any atom is -0.0849 e. The second kappa shape index (κ2) is 4.07. The van der Waals surface area contributed by atoms with Crippen LogP contribution in [0, 0.1) is 0 Å². The van der Waals surface area contributed by atoms with Crippen LogP contribution in [0.4, 0.5) is 0 Å². The topological polar surface area (TPSA) is 0 Å². The van der Waals surface area contributed by atoms with Crippen LogP contribution in [0.1, 0.15) is 23.6 Å². The lowest BCUT2D eigenvalue weighted by atomic mass is 9.69. The summed E-state index contributed by atoms with van der Waals surface area (Å²) >= 11 is 0. The lowest BCUT2D eigenvalue weighted by Gasteiger charge is -2.07. The highest BCUT2D eigenvalue weighted by Gasteiger charge is 2.20. The molecule has 0 atom stereocenters. The predicted octanol–water partition coefficient (Wildman–Crippen LogP) is 2.93. The molecule has 3 rings (SSSR count). The van der Waals surface area contributed by atoms with Gasteiger partial charge in [0.15, 0.2) is 7.28 Å². The molecule has 0 nitrogen and oxygen atoms in total. The highest BCUT2D eigenvalue weighted by atomic mass is 14.2. The molecule has 0 unspecified atom stereocenters. The molecule has 0 radical (unpaired) electrons. The molecule has 84 valence electrons. The van der Waals surface area contributed by atoms with Crippen LogP contribution in [0.3, 0.4) is 0 Å². The summed E-state index contributed by atoms with van der Waals surface area (Å²) < 4.78 is 0. The van der Waals surface area contributed by atoms with Crippen molar-refractivity contribution in [3.8, 4) is 11.1 Å². The Morgan fingerprint density at radius 3 is 2.76 bits per heavy atom. The Hall–Kier alpha value is -1.50. The van der Waals surface area contributed by atoms with Gasteiger partial charge >= 0.3 is 0 Å². The van der Waals surface area contributed by atoms with Crippen molar-refractivity contribution in [1.82, 2.24) is 0 Å². The highest BCUT2D eigenvalue weighted by molar-refractivity contribution is 6.54. The average Bonchev–Trinajstić information content (AvgIpc) is 2.75. The molecule has 1 heteroatoms. The minimum absolute atomic E-state index is 1.12. The smallest absolute Gasteiger partial charge is 0.0849 e. The number of aryl methyl sites for hydroxylation is 1. The Bertz CT molecular complexity index is 570. The summed E-state index contributed by atoms with van der Waals surface area (Å²) in [6.45, 7) is 4.47. The van der Waals surface area contributed by atoms with Gasteiger partial charge in [0.2, 0.25) is 0 Å². The molecular formula is C16H17B. The van der Waals surface area contributed by atoms with Crippen LogP contribution in [0.15, 0.2) is 36.4 Å². The van der Waals surface area contributed by atoms with Crippen LogP contribution >= 0.6 is 0 Å². The van der Waals surface area contributed by atoms with Crippen LogP contribution in [-0.2, 0) is 12.8 Å². The van der Waals surface area contributed by atoms with Crippen molar-refractivity contribution < 1.29 is 0 Å². The van der Waals surface area contributed by atoms with E-state index in [0.29, 0.717) is 0 Å². The van der Waals surface area contributed by atoms with Gasteiger partial charge in [0, 0.05) is 0 Å². The molecule has 0 heterocycles. The molecule has 17 heavy (non-hydrogen) atoms. The first kappa shape index (κ1) is 10.6. The van der Waals surface area contributed by atoms with Crippen molar-refractivity contribution in [2.45, 2.75) is 26.6 Å². The SMILES string of the molecule is CBc1cccc2c1-c1ccc(CC)cc1C2. The average molecular weight is 220 g/mol. The Balaban J connectivity index is 2.20. The molecule has 0 amide bonds. The van der Waals surface area contributed by atoms with E-state index in [4.69, 9.17) is 0 Å². The number of hydrogen-bond acceptors (Lipinski definition) is 0. The van der Waals surface area contributed by atoms with Gasteiger partial charge in [0.25, 0.3) is 0 Å². The van der Waals surface area contributed by atoms with E-state index in [2.05, 4.69) is 50.1 Å². The Labute approximate surface area is 104 Å². The second-order valence-electron chi connectivity index (χ2n) is 4.83. The number of fused-ring (bicyclic) bond motifs is 3. The highest BCUT2D eigenvalue weighted by Crippen LogP contribution is 2.35. The zero-order valence-corrected chi connectivity index (χ0v) is 10.6. The summed E-state index contributed by atoms with van der Waals surface area (Å²) in [6, 6.07) is 13.7. The molecular weight excluding hydrogens is 203 g/mol. The fourth-order valence-electron chi connectivity index (χ4n) is 2.90. The van der Waals surface area contributed by atoms with Crippen LogP contribution < -0.4 is 5.46 Å². The van der Waals surface area contributed by atoms with Crippen molar-refractivity contribution in [3.63, 3.8) is 0 Å². The van der Waals surface area contributed by atoms with E-state index in [1.165, 1.54) is 33.3 Å². The van der Waals surface area contributed by atoms with Gasteiger partial charge < -0.3 is 0 Å². The standard InChI is InChI=1S/C16H17B/c1-3-11-7-8-14-13(9-11)10-12-5-4-6-15(17-2)16(12)14/h4-9,17H,3,10H2,1-2H3. The van der Waals surface area contributed by atoms with E-state index in [9.17, 15) is 0 Å². The van der Waals surface area contributed by atoms with E-state index in [1.807, 2.05) is 0 Å². The quantitative estimate of drug-likeness (QED) is 0.582. The van der Waals surface area contributed by atoms with Gasteiger partial charge in [-0.05, 0) is 40.7 Å². The molecule has 1 aliphatic carbocycles. The maximum absolute atomic E-state index is 2.38. The minimum atomic E-state index is 1.12. The van der Waals surface area contributed by atoms with E-state index < -0.39 is 0 Å². The van der Waals surface area contributed by atoms with Gasteiger partial charge in [-0.15, -0.1) is 0 Å². The molecule has 0 bridgehead atoms. The largest absolute Gasteiger partial charge is 0.155 e. The van der Waals surface area contributed by atoms with Crippen LogP contribution in [-0.4, -0.2) is 7.28 Å². The molecule has 2 aromatic rings. The molecule has 0 spiro atoms. The zero-order valence-electron chi connectivity index (χ0n) is 10.6. The van der Waals surface area contributed by atoms with Crippen LogP contribution in [0.2, 0.25) is 6.82 Å². The maximum atomic E-state index is 2.38. The van der Waals surface area contributed by atoms with Crippen LogP contribution in [0.5, 0.6) is 0 Å². The van der Waals surface area contributed by atoms with E-state index in [1.54, 1.807) is 0 Å². The lowest BCUT2D eigenvalue weighted by Crippen LogP contribution is -2.13. The molecule has 0 saturated heterocycles. The molecule has 1 aliphatic rings. The summed E-state index contributed by atoms with van der Waals surface area (Å²) in [7, 11) is 1.12. The zero-order chi connectivity index (χ0) is 11.8. The normalized spacial score (nSPS) is 12.1. The fraction of sp³-hybridized carbons (Fsp3) is 0.250. The molecule has 0 N–H and O–H groups in total. The third kappa shape index (κ3) is 1.61. The number of hydrogen-bond donors (Lipinski definition) is 0. The summed E-state index contributed by atoms with van der Waals surface area (Å²) in [5.41, 5.74) is 8.94. The lowest BCUT2D eigenvalue weighted by molar-refractivity contribution is 1.12. The summed E-state index contributed by atoms with van der Waals surface area (Å²) in [5.74, 6) is 0. The van der Waals surface area contributed by atoms with Gasteiger partial charge in [-0.2, -0.15) is 0 Å². The Morgan fingerprint density at radius 1 is 1.12 bits per heavy atom. The van der Waals surface area contributed by atoms with Gasteiger partial charge in [0.05, 0.1) is 0 Å². The Kier molecular flexibility index (Phi) is 2.55. The van der Waals surface area contributed by atoms with Crippen molar-refractivity contribution in [1.29, 1.82) is 0 Å². The Morgan fingerprint density at radius 2 is 2.00 bits per heavy atom. The molecule has 2 aromatic carbocycles. The number of rotatable bonds is 2. The van der Waals surface area contributed by atoms with E-state index in [0.717, 1.165) is 20.1 Å². The maximum Gasteiger partial charge on any atom is 0.155 e.